The summed E-state index contributed by atoms with van der Waals surface area (Å²) < 4.78 is 1.70. The van der Waals surface area contributed by atoms with E-state index in [4.69, 9.17) is 11.5 Å². The van der Waals surface area contributed by atoms with Crippen LogP contribution in [0.2, 0.25) is 0 Å². The molecule has 0 saturated carbocycles. The summed E-state index contributed by atoms with van der Waals surface area (Å²) in [7, 11) is 1.83. The maximum absolute atomic E-state index is 5.82. The largest absolute Gasteiger partial charge is 0.382 e. The van der Waals surface area contributed by atoms with Gasteiger partial charge in [0.25, 0.3) is 0 Å². The van der Waals surface area contributed by atoms with Gasteiger partial charge in [-0.25, -0.2) is 4.98 Å². The van der Waals surface area contributed by atoms with E-state index in [1.165, 1.54) is 0 Å². The molecular weight excluding hydrogens is 204 g/mol. The lowest BCUT2D eigenvalue weighted by Crippen LogP contribution is -2.13. The maximum atomic E-state index is 5.82. The molecule has 0 aliphatic carbocycles. The molecule has 2 rings (SSSR count). The van der Waals surface area contributed by atoms with E-state index >= 15 is 0 Å². The van der Waals surface area contributed by atoms with Gasteiger partial charge in [0.05, 0.1) is 5.69 Å². The van der Waals surface area contributed by atoms with Crippen LogP contribution in [0.4, 0.5) is 11.8 Å². The molecule has 0 aromatic carbocycles. The number of aryl methyl sites for hydroxylation is 1. The lowest BCUT2D eigenvalue weighted by molar-refractivity contribution is 0.557. The van der Waals surface area contributed by atoms with E-state index in [1.54, 1.807) is 4.68 Å². The van der Waals surface area contributed by atoms with Crippen molar-refractivity contribution in [2.45, 2.75) is 26.2 Å². The Morgan fingerprint density at radius 3 is 2.31 bits per heavy atom. The molecule has 86 valence electrons. The molecule has 6 heteroatoms. The Labute approximate surface area is 93.7 Å². The van der Waals surface area contributed by atoms with E-state index < -0.39 is 0 Å². The van der Waals surface area contributed by atoms with Crippen LogP contribution in [0.15, 0.2) is 0 Å². The first-order valence-electron chi connectivity index (χ1n) is 5.07. The van der Waals surface area contributed by atoms with Crippen LogP contribution in [-0.2, 0) is 12.5 Å². The molecule has 2 aromatic heterocycles. The lowest BCUT2D eigenvalue weighted by Gasteiger charge is -2.14. The summed E-state index contributed by atoms with van der Waals surface area (Å²) in [6, 6.07) is 0. The SMILES string of the molecule is Cn1nc(C(C)(C)C)c2nc(N)nc(N)c21. The zero-order valence-corrected chi connectivity index (χ0v) is 9.94. The fourth-order valence-corrected chi connectivity index (χ4v) is 1.73. The monoisotopic (exact) mass is 220 g/mol. The molecule has 0 unspecified atom stereocenters. The first-order chi connectivity index (χ1) is 7.30. The second-order valence-electron chi connectivity index (χ2n) is 4.89. The minimum atomic E-state index is -0.104. The highest BCUT2D eigenvalue weighted by molar-refractivity contribution is 5.88. The third-order valence-corrected chi connectivity index (χ3v) is 2.44. The number of nitrogens with zero attached hydrogens (tertiary/aromatic N) is 4. The fraction of sp³-hybridized carbons (Fsp3) is 0.500. The van der Waals surface area contributed by atoms with Gasteiger partial charge in [0.15, 0.2) is 5.82 Å². The van der Waals surface area contributed by atoms with Crippen LogP contribution >= 0.6 is 0 Å². The van der Waals surface area contributed by atoms with E-state index in [0.29, 0.717) is 5.82 Å². The van der Waals surface area contributed by atoms with Gasteiger partial charge in [0, 0.05) is 12.5 Å². The van der Waals surface area contributed by atoms with Crippen LogP contribution in [0.5, 0.6) is 0 Å². The average molecular weight is 220 g/mol. The smallest absolute Gasteiger partial charge is 0.222 e. The van der Waals surface area contributed by atoms with Crippen molar-refractivity contribution >= 4 is 22.8 Å². The summed E-state index contributed by atoms with van der Waals surface area (Å²) in [5.41, 5.74) is 13.7. The second kappa shape index (κ2) is 3.07. The molecule has 0 radical (unpaired) electrons. The van der Waals surface area contributed by atoms with Gasteiger partial charge < -0.3 is 11.5 Å². The molecule has 2 heterocycles. The number of aromatic nitrogens is 4. The number of anilines is 2. The first-order valence-corrected chi connectivity index (χ1v) is 5.07. The van der Waals surface area contributed by atoms with Crippen molar-refractivity contribution in [3.8, 4) is 0 Å². The highest BCUT2D eigenvalue weighted by Gasteiger charge is 2.24. The third-order valence-electron chi connectivity index (χ3n) is 2.44. The van der Waals surface area contributed by atoms with Gasteiger partial charge in [-0.1, -0.05) is 20.8 Å². The van der Waals surface area contributed by atoms with Crippen molar-refractivity contribution in [1.29, 1.82) is 0 Å². The fourth-order valence-electron chi connectivity index (χ4n) is 1.73. The Morgan fingerprint density at radius 1 is 1.12 bits per heavy atom. The van der Waals surface area contributed by atoms with Crippen LogP contribution in [-0.4, -0.2) is 19.7 Å². The minimum absolute atomic E-state index is 0.104. The van der Waals surface area contributed by atoms with E-state index in [9.17, 15) is 0 Å². The van der Waals surface area contributed by atoms with Gasteiger partial charge in [-0.2, -0.15) is 10.1 Å². The highest BCUT2D eigenvalue weighted by Crippen LogP contribution is 2.29. The predicted octanol–water partition coefficient (Wildman–Crippen LogP) is 0.825. The Morgan fingerprint density at radius 2 is 1.75 bits per heavy atom. The van der Waals surface area contributed by atoms with E-state index in [2.05, 4.69) is 35.8 Å². The van der Waals surface area contributed by atoms with Crippen molar-refractivity contribution in [2.75, 3.05) is 11.5 Å². The van der Waals surface area contributed by atoms with Gasteiger partial charge in [0.2, 0.25) is 5.95 Å². The summed E-state index contributed by atoms with van der Waals surface area (Å²) in [6.45, 7) is 6.22. The Kier molecular flexibility index (Phi) is 2.04. The molecule has 2 aromatic rings. The first kappa shape index (κ1) is 10.7. The van der Waals surface area contributed by atoms with Crippen LogP contribution in [0.3, 0.4) is 0 Å². The Hall–Kier alpha value is -1.85. The van der Waals surface area contributed by atoms with Crippen molar-refractivity contribution in [2.24, 2.45) is 7.05 Å². The van der Waals surface area contributed by atoms with Crippen molar-refractivity contribution in [3.63, 3.8) is 0 Å². The van der Waals surface area contributed by atoms with Gasteiger partial charge in [-0.05, 0) is 0 Å². The molecule has 0 atom stereocenters. The maximum Gasteiger partial charge on any atom is 0.222 e. The zero-order valence-electron chi connectivity index (χ0n) is 9.94. The summed E-state index contributed by atoms with van der Waals surface area (Å²) >= 11 is 0. The molecule has 4 N–H and O–H groups in total. The third kappa shape index (κ3) is 1.46. The van der Waals surface area contributed by atoms with Crippen molar-refractivity contribution < 1.29 is 0 Å². The number of nitrogen functional groups attached to an aromatic ring is 2. The van der Waals surface area contributed by atoms with E-state index in [-0.39, 0.29) is 11.4 Å². The number of nitrogens with two attached hydrogens (primary N) is 2. The Balaban J connectivity index is 2.89. The summed E-state index contributed by atoms with van der Waals surface area (Å²) in [4.78, 5) is 8.17. The number of fused-ring (bicyclic) bond motifs is 1. The molecule has 0 spiro atoms. The van der Waals surface area contributed by atoms with Gasteiger partial charge in [-0.3, -0.25) is 4.68 Å². The molecule has 0 bridgehead atoms. The number of rotatable bonds is 0. The minimum Gasteiger partial charge on any atom is -0.382 e. The van der Waals surface area contributed by atoms with E-state index in [0.717, 1.165) is 16.7 Å². The average Bonchev–Trinajstić information content (AvgIpc) is 2.41. The zero-order chi connectivity index (χ0) is 12.1. The normalized spacial score (nSPS) is 12.2. The lowest BCUT2D eigenvalue weighted by atomic mass is 9.91. The van der Waals surface area contributed by atoms with Crippen molar-refractivity contribution in [3.05, 3.63) is 5.69 Å². The molecule has 0 saturated heterocycles. The van der Waals surface area contributed by atoms with E-state index in [1.807, 2.05) is 7.05 Å². The highest BCUT2D eigenvalue weighted by atomic mass is 15.3. The summed E-state index contributed by atoms with van der Waals surface area (Å²) in [6.07, 6.45) is 0. The number of hydrogen-bond donors (Lipinski definition) is 2. The molecule has 0 amide bonds. The molecule has 6 nitrogen and oxygen atoms in total. The molecule has 0 aliphatic rings. The summed E-state index contributed by atoms with van der Waals surface area (Å²) in [5, 5.41) is 4.44. The van der Waals surface area contributed by atoms with Gasteiger partial charge >= 0.3 is 0 Å². The quantitative estimate of drug-likeness (QED) is 0.685. The second-order valence-corrected chi connectivity index (χ2v) is 4.89. The molecular formula is C10H16N6. The van der Waals surface area contributed by atoms with Crippen LogP contribution in [0.1, 0.15) is 26.5 Å². The van der Waals surface area contributed by atoms with Crippen molar-refractivity contribution in [1.82, 2.24) is 19.7 Å². The molecule has 0 aliphatic heterocycles. The van der Waals surface area contributed by atoms with Crippen LogP contribution in [0.25, 0.3) is 11.0 Å². The van der Waals surface area contributed by atoms with Crippen LogP contribution in [0, 0.1) is 0 Å². The topological polar surface area (TPSA) is 95.6 Å². The predicted molar refractivity (Wildman–Crippen MR) is 63.8 cm³/mol. The molecule has 16 heavy (non-hydrogen) atoms. The van der Waals surface area contributed by atoms with Gasteiger partial charge in [0.1, 0.15) is 11.0 Å². The summed E-state index contributed by atoms with van der Waals surface area (Å²) in [5.74, 6) is 0.552. The molecule has 0 fully saturated rings. The number of hydrogen-bond acceptors (Lipinski definition) is 5. The van der Waals surface area contributed by atoms with Crippen LogP contribution < -0.4 is 11.5 Å². The Bertz CT molecular complexity index is 548. The van der Waals surface area contributed by atoms with Gasteiger partial charge in [-0.15, -0.1) is 0 Å². The standard InChI is InChI=1S/C10H16N6/c1-10(2,3)7-5-6(16(4)15-7)8(11)14-9(12)13-5/h1-4H3,(H4,11,12,13,14).